The molecule has 168 valence electrons. The second-order valence-electron chi connectivity index (χ2n) is 7.05. The van der Waals surface area contributed by atoms with E-state index in [-0.39, 0.29) is 18.7 Å². The number of nitrogens with zero attached hydrogens (tertiary/aromatic N) is 4. The van der Waals surface area contributed by atoms with Crippen LogP contribution in [0.2, 0.25) is 0 Å². The zero-order valence-corrected chi connectivity index (χ0v) is 17.4. The van der Waals surface area contributed by atoms with Crippen LogP contribution < -0.4 is 16.4 Å². The van der Waals surface area contributed by atoms with Gasteiger partial charge in [-0.1, -0.05) is 12.1 Å². The average Bonchev–Trinajstić information content (AvgIpc) is 2.81. The summed E-state index contributed by atoms with van der Waals surface area (Å²) < 4.78 is 27.7. The largest absolute Gasteiger partial charge is 0.348 e. The van der Waals surface area contributed by atoms with Crippen molar-refractivity contribution < 1.29 is 18.4 Å². The van der Waals surface area contributed by atoms with Crippen molar-refractivity contribution in [3.8, 4) is 0 Å². The topological polar surface area (TPSA) is 111 Å². The Bertz CT molecular complexity index is 1390. The van der Waals surface area contributed by atoms with Crippen LogP contribution in [0, 0.1) is 11.6 Å². The number of anilines is 1. The number of benzene rings is 2. The Morgan fingerprint density at radius 1 is 1.09 bits per heavy atom. The molecule has 0 aliphatic rings. The van der Waals surface area contributed by atoms with Gasteiger partial charge in [0.2, 0.25) is 0 Å². The van der Waals surface area contributed by atoms with E-state index in [4.69, 9.17) is 4.84 Å². The molecule has 1 amide bonds. The van der Waals surface area contributed by atoms with Gasteiger partial charge < -0.3 is 5.32 Å². The van der Waals surface area contributed by atoms with Crippen LogP contribution in [0.4, 0.5) is 14.6 Å². The molecule has 0 bridgehead atoms. The molecule has 2 heterocycles. The Balaban J connectivity index is 1.51. The molecule has 11 heteroatoms. The van der Waals surface area contributed by atoms with E-state index in [0.717, 1.165) is 28.5 Å². The van der Waals surface area contributed by atoms with Gasteiger partial charge in [-0.25, -0.2) is 29.2 Å². The summed E-state index contributed by atoms with van der Waals surface area (Å²) in [6.45, 7) is 0.0672. The van der Waals surface area contributed by atoms with Crippen molar-refractivity contribution in [3.63, 3.8) is 0 Å². The van der Waals surface area contributed by atoms with Crippen molar-refractivity contribution in [2.24, 2.45) is 0 Å². The molecule has 0 spiro atoms. The van der Waals surface area contributed by atoms with E-state index in [1.807, 2.05) is 0 Å². The molecule has 0 unspecified atom stereocenters. The molecule has 2 aromatic carbocycles. The summed E-state index contributed by atoms with van der Waals surface area (Å²) >= 11 is 0. The molecule has 4 rings (SSSR count). The molecule has 2 N–H and O–H groups in total. The number of rotatable bonds is 7. The number of aromatic nitrogens is 4. The number of carbonyl (C=O) groups excluding carboxylic acids is 1. The highest BCUT2D eigenvalue weighted by Gasteiger charge is 2.14. The van der Waals surface area contributed by atoms with Gasteiger partial charge in [-0.15, -0.1) is 0 Å². The molecule has 0 aliphatic heterocycles. The molecule has 0 saturated carbocycles. The van der Waals surface area contributed by atoms with Gasteiger partial charge in [-0.05, 0) is 35.4 Å². The van der Waals surface area contributed by atoms with Crippen molar-refractivity contribution >= 4 is 22.6 Å². The minimum absolute atomic E-state index is 0.0654. The fraction of sp³-hybridized carbons (Fsp3) is 0.136. The van der Waals surface area contributed by atoms with Gasteiger partial charge in [0.15, 0.2) is 17.5 Å². The number of carbonyl (C=O) groups is 1. The summed E-state index contributed by atoms with van der Waals surface area (Å²) in [6, 6.07) is 8.68. The van der Waals surface area contributed by atoms with Crippen LogP contribution in [-0.2, 0) is 17.9 Å². The van der Waals surface area contributed by atoms with E-state index in [9.17, 15) is 18.4 Å². The molecular weight excluding hydrogens is 434 g/mol. The first-order chi connectivity index (χ1) is 16.0. The molecule has 33 heavy (non-hydrogen) atoms. The lowest BCUT2D eigenvalue weighted by atomic mass is 10.1. The Labute approximate surface area is 186 Å². The van der Waals surface area contributed by atoms with Gasteiger partial charge in [0.05, 0.1) is 25.5 Å². The molecule has 4 aromatic rings. The van der Waals surface area contributed by atoms with Crippen molar-refractivity contribution in [2.75, 3.05) is 12.6 Å². The monoisotopic (exact) mass is 452 g/mol. The number of nitrogens with one attached hydrogen (secondary N) is 2. The molecular formula is C22H18F2N6O3. The number of hydrogen-bond donors (Lipinski definition) is 2. The smallest absolute Gasteiger partial charge is 0.266 e. The highest BCUT2D eigenvalue weighted by Crippen LogP contribution is 2.20. The van der Waals surface area contributed by atoms with E-state index < -0.39 is 23.1 Å². The van der Waals surface area contributed by atoms with Crippen molar-refractivity contribution in [2.45, 2.75) is 13.1 Å². The summed E-state index contributed by atoms with van der Waals surface area (Å²) in [6.07, 6.45) is 3.79. The quantitative estimate of drug-likeness (QED) is 0.414. The fourth-order valence-electron chi connectivity index (χ4n) is 3.22. The average molecular weight is 452 g/mol. The van der Waals surface area contributed by atoms with E-state index in [1.165, 1.54) is 25.8 Å². The van der Waals surface area contributed by atoms with Crippen LogP contribution >= 0.6 is 0 Å². The molecule has 0 fully saturated rings. The number of amides is 1. The highest BCUT2D eigenvalue weighted by atomic mass is 19.2. The van der Waals surface area contributed by atoms with Gasteiger partial charge in [-0.3, -0.25) is 19.0 Å². The Morgan fingerprint density at radius 3 is 2.70 bits per heavy atom. The van der Waals surface area contributed by atoms with E-state index >= 15 is 0 Å². The fourth-order valence-corrected chi connectivity index (χ4v) is 3.22. The molecule has 2 aromatic heterocycles. The van der Waals surface area contributed by atoms with E-state index in [1.54, 1.807) is 18.2 Å². The summed E-state index contributed by atoms with van der Waals surface area (Å²) in [5, 5.41) is 3.38. The minimum Gasteiger partial charge on any atom is -0.348 e. The summed E-state index contributed by atoms with van der Waals surface area (Å²) in [5.41, 5.74) is 3.68. The van der Waals surface area contributed by atoms with Gasteiger partial charge in [0, 0.05) is 18.1 Å². The van der Waals surface area contributed by atoms with Crippen molar-refractivity contribution in [3.05, 3.63) is 93.9 Å². The van der Waals surface area contributed by atoms with Crippen LogP contribution in [-0.4, -0.2) is 32.5 Å². The first-order valence-electron chi connectivity index (χ1n) is 9.75. The van der Waals surface area contributed by atoms with Gasteiger partial charge in [0.1, 0.15) is 11.9 Å². The van der Waals surface area contributed by atoms with E-state index in [0.29, 0.717) is 22.3 Å². The third-order valence-electron chi connectivity index (χ3n) is 4.83. The number of fused-ring (bicyclic) bond motifs is 1. The van der Waals surface area contributed by atoms with Crippen LogP contribution in [0.25, 0.3) is 10.9 Å². The second-order valence-corrected chi connectivity index (χ2v) is 7.05. The number of hydrogen-bond acceptors (Lipinski definition) is 7. The van der Waals surface area contributed by atoms with Crippen LogP contribution in [0.1, 0.15) is 21.5 Å². The minimum atomic E-state index is -1.02. The third kappa shape index (κ3) is 4.83. The predicted octanol–water partition coefficient (Wildman–Crippen LogP) is 2.42. The Kier molecular flexibility index (Phi) is 6.31. The van der Waals surface area contributed by atoms with Crippen molar-refractivity contribution in [1.82, 2.24) is 24.8 Å². The van der Waals surface area contributed by atoms with Gasteiger partial charge >= 0.3 is 0 Å². The maximum absolute atomic E-state index is 13.5. The zero-order chi connectivity index (χ0) is 23.4. The molecule has 0 radical (unpaired) electrons. The van der Waals surface area contributed by atoms with Crippen LogP contribution in [0.3, 0.4) is 0 Å². The Hall–Kier alpha value is -4.25. The lowest BCUT2D eigenvalue weighted by Crippen LogP contribution is -2.33. The number of halogens is 2. The van der Waals surface area contributed by atoms with Gasteiger partial charge in [-0.2, -0.15) is 0 Å². The predicted molar refractivity (Wildman–Crippen MR) is 115 cm³/mol. The summed E-state index contributed by atoms with van der Waals surface area (Å²) in [5.74, 6) is -2.15. The van der Waals surface area contributed by atoms with Crippen LogP contribution in [0.15, 0.2) is 60.0 Å². The SMILES string of the molecule is CONc1ncnc2ccc(CNC(=O)c3cncn(Cc4ccc(F)c(F)c4)c3=O)cc12. The molecule has 9 nitrogen and oxygen atoms in total. The maximum atomic E-state index is 13.5. The van der Waals surface area contributed by atoms with Crippen LogP contribution in [0.5, 0.6) is 0 Å². The maximum Gasteiger partial charge on any atom is 0.266 e. The lowest BCUT2D eigenvalue weighted by molar-refractivity contribution is 0.0948. The first kappa shape index (κ1) is 22.0. The molecule has 0 saturated heterocycles. The standard InChI is InChI=1S/C22H18F2N6O3/c1-33-29-20-15-6-13(3-5-19(15)27-11-28-20)8-26-21(31)16-9-25-12-30(22(16)32)10-14-2-4-17(23)18(24)7-14/h2-7,9,11-12H,8,10H2,1H3,(H,26,31)(H,27,28,29). The van der Waals surface area contributed by atoms with Gasteiger partial charge in [0.25, 0.3) is 11.5 Å². The lowest BCUT2D eigenvalue weighted by Gasteiger charge is -2.10. The third-order valence-corrected chi connectivity index (χ3v) is 4.83. The highest BCUT2D eigenvalue weighted by molar-refractivity contribution is 5.93. The Morgan fingerprint density at radius 2 is 1.91 bits per heavy atom. The molecule has 0 atom stereocenters. The first-order valence-corrected chi connectivity index (χ1v) is 9.75. The van der Waals surface area contributed by atoms with E-state index in [2.05, 4.69) is 25.7 Å². The normalized spacial score (nSPS) is 10.9. The molecule has 0 aliphatic carbocycles. The summed E-state index contributed by atoms with van der Waals surface area (Å²) in [7, 11) is 1.46. The zero-order valence-electron chi connectivity index (χ0n) is 17.4. The second kappa shape index (κ2) is 9.49. The summed E-state index contributed by atoms with van der Waals surface area (Å²) in [4.78, 5) is 42.5. The van der Waals surface area contributed by atoms with Crippen molar-refractivity contribution in [1.29, 1.82) is 0 Å².